The van der Waals surface area contributed by atoms with E-state index in [0.29, 0.717) is 42.9 Å². The molecule has 3 aromatic rings. The van der Waals surface area contributed by atoms with Gasteiger partial charge in [0.15, 0.2) is 0 Å². The van der Waals surface area contributed by atoms with Crippen LogP contribution in [0.2, 0.25) is 0 Å². The molecule has 4 nitrogen and oxygen atoms in total. The maximum Gasteiger partial charge on any atom is 0.416 e. The van der Waals surface area contributed by atoms with Gasteiger partial charge in [0, 0.05) is 29.8 Å². The third-order valence-corrected chi connectivity index (χ3v) is 6.46. The summed E-state index contributed by atoms with van der Waals surface area (Å²) >= 11 is 1.44. The van der Waals surface area contributed by atoms with Crippen molar-refractivity contribution in [3.05, 3.63) is 70.2 Å². The van der Waals surface area contributed by atoms with Crippen LogP contribution < -0.4 is 4.74 Å². The molecule has 0 N–H and O–H groups in total. The van der Waals surface area contributed by atoms with Crippen molar-refractivity contribution in [2.45, 2.75) is 32.0 Å². The van der Waals surface area contributed by atoms with Gasteiger partial charge in [-0.2, -0.15) is 13.2 Å². The quantitative estimate of drug-likeness (QED) is 0.530. The topological polar surface area (TPSA) is 42.4 Å². The first-order chi connectivity index (χ1) is 14.8. The van der Waals surface area contributed by atoms with Crippen LogP contribution in [0.25, 0.3) is 10.6 Å². The molecule has 1 aromatic heterocycles. The van der Waals surface area contributed by atoms with Crippen molar-refractivity contribution in [1.29, 1.82) is 0 Å². The largest absolute Gasteiger partial charge is 0.497 e. The molecule has 0 atom stereocenters. The summed E-state index contributed by atoms with van der Waals surface area (Å²) in [7, 11) is 1.62. The third-order valence-electron chi connectivity index (χ3n) is 5.33. The second kappa shape index (κ2) is 8.70. The Kier molecular flexibility index (Phi) is 6.00. The van der Waals surface area contributed by atoms with Crippen molar-refractivity contribution in [3.63, 3.8) is 0 Å². The molecule has 8 heteroatoms. The van der Waals surface area contributed by atoms with E-state index in [2.05, 4.69) is 4.98 Å². The molecule has 4 rings (SSSR count). The van der Waals surface area contributed by atoms with Gasteiger partial charge in [0.05, 0.1) is 24.9 Å². The van der Waals surface area contributed by atoms with Crippen LogP contribution in [-0.2, 0) is 30.4 Å². The second-order valence-electron chi connectivity index (χ2n) is 7.38. The number of nitrogens with zero attached hydrogens (tertiary/aromatic N) is 2. The van der Waals surface area contributed by atoms with E-state index in [4.69, 9.17) is 4.74 Å². The molecule has 0 bridgehead atoms. The molecule has 0 aliphatic carbocycles. The van der Waals surface area contributed by atoms with Crippen molar-refractivity contribution in [3.8, 4) is 16.3 Å². The van der Waals surface area contributed by atoms with Gasteiger partial charge in [0.2, 0.25) is 5.91 Å². The number of methoxy groups -OCH3 is 1. The molecule has 0 saturated carbocycles. The molecular formula is C23H21F3N2O2S. The number of amides is 1. The molecule has 162 valence electrons. The van der Waals surface area contributed by atoms with E-state index in [0.717, 1.165) is 34.0 Å². The molecule has 0 unspecified atom stereocenters. The van der Waals surface area contributed by atoms with Gasteiger partial charge in [-0.1, -0.05) is 24.3 Å². The Morgan fingerprint density at radius 3 is 2.48 bits per heavy atom. The number of halogens is 3. The number of aromatic nitrogens is 1. The SMILES string of the molecule is COc1ccc(CCC(=O)N2CCc3nc(-c4ccc(C(F)(F)F)cc4)sc3C2)cc1. The number of hydrogen-bond acceptors (Lipinski definition) is 4. The lowest BCUT2D eigenvalue weighted by molar-refractivity contribution is -0.137. The zero-order valence-corrected chi connectivity index (χ0v) is 17.7. The number of ether oxygens (including phenoxy) is 1. The summed E-state index contributed by atoms with van der Waals surface area (Å²) in [5.41, 5.74) is 1.99. The summed E-state index contributed by atoms with van der Waals surface area (Å²) in [6.45, 7) is 1.10. The molecule has 31 heavy (non-hydrogen) atoms. The van der Waals surface area contributed by atoms with Crippen LogP contribution in [0, 0.1) is 0 Å². The minimum Gasteiger partial charge on any atom is -0.497 e. The first-order valence-electron chi connectivity index (χ1n) is 9.90. The fourth-order valence-electron chi connectivity index (χ4n) is 3.54. The summed E-state index contributed by atoms with van der Waals surface area (Å²) in [6.07, 6.45) is -2.62. The van der Waals surface area contributed by atoms with E-state index in [-0.39, 0.29) is 5.91 Å². The van der Waals surface area contributed by atoms with Gasteiger partial charge in [-0.15, -0.1) is 11.3 Å². The number of thiazole rings is 1. The zero-order valence-electron chi connectivity index (χ0n) is 16.9. The fraction of sp³-hybridized carbons (Fsp3) is 0.304. The Morgan fingerprint density at radius 1 is 1.13 bits per heavy atom. The number of alkyl halides is 3. The van der Waals surface area contributed by atoms with Crippen LogP contribution in [0.1, 0.15) is 28.1 Å². The first-order valence-corrected chi connectivity index (χ1v) is 10.7. The maximum absolute atomic E-state index is 12.8. The van der Waals surface area contributed by atoms with Gasteiger partial charge >= 0.3 is 6.18 Å². The lowest BCUT2D eigenvalue weighted by Crippen LogP contribution is -2.35. The average molecular weight is 446 g/mol. The van der Waals surface area contributed by atoms with Crippen molar-refractivity contribution in [1.82, 2.24) is 9.88 Å². The summed E-state index contributed by atoms with van der Waals surface area (Å²) in [5, 5.41) is 0.686. The maximum atomic E-state index is 12.8. The number of benzene rings is 2. The van der Waals surface area contributed by atoms with Gasteiger partial charge in [0.1, 0.15) is 10.8 Å². The van der Waals surface area contributed by atoms with Crippen LogP contribution in [0.3, 0.4) is 0 Å². The van der Waals surface area contributed by atoms with Crippen molar-refractivity contribution in [2.75, 3.05) is 13.7 Å². The van der Waals surface area contributed by atoms with Crippen molar-refractivity contribution in [2.24, 2.45) is 0 Å². The van der Waals surface area contributed by atoms with E-state index in [1.807, 2.05) is 29.2 Å². The summed E-state index contributed by atoms with van der Waals surface area (Å²) in [6, 6.07) is 12.7. The number of aryl methyl sites for hydroxylation is 1. The molecule has 0 radical (unpaired) electrons. The van der Waals surface area contributed by atoms with Crippen LogP contribution >= 0.6 is 11.3 Å². The normalized spacial score (nSPS) is 13.7. The number of hydrogen-bond donors (Lipinski definition) is 0. The average Bonchev–Trinajstić information content (AvgIpc) is 3.21. The predicted octanol–water partition coefficient (Wildman–Crippen LogP) is 5.36. The molecule has 1 aliphatic heterocycles. The highest BCUT2D eigenvalue weighted by Crippen LogP contribution is 2.34. The van der Waals surface area contributed by atoms with Crippen LogP contribution in [0.15, 0.2) is 48.5 Å². The van der Waals surface area contributed by atoms with Crippen molar-refractivity contribution < 1.29 is 22.7 Å². The van der Waals surface area contributed by atoms with Gasteiger partial charge in [-0.25, -0.2) is 4.98 Å². The van der Waals surface area contributed by atoms with Gasteiger partial charge in [-0.3, -0.25) is 4.79 Å². The lowest BCUT2D eigenvalue weighted by atomic mass is 10.1. The molecule has 1 amide bonds. The highest BCUT2D eigenvalue weighted by Gasteiger charge is 2.30. The molecule has 1 aliphatic rings. The highest BCUT2D eigenvalue weighted by atomic mass is 32.1. The standard InChI is InChI=1S/C23H21F3N2O2S/c1-30-18-9-2-15(3-10-18)4-11-21(29)28-13-12-19-20(14-28)31-22(27-19)16-5-7-17(8-6-16)23(24,25)26/h2-3,5-10H,4,11-14H2,1H3. The predicted molar refractivity (Wildman–Crippen MR) is 113 cm³/mol. The Morgan fingerprint density at radius 2 is 1.84 bits per heavy atom. The molecular weight excluding hydrogens is 425 g/mol. The van der Waals surface area contributed by atoms with Gasteiger partial charge in [-0.05, 0) is 36.2 Å². The highest BCUT2D eigenvalue weighted by molar-refractivity contribution is 7.15. The van der Waals surface area contributed by atoms with Crippen molar-refractivity contribution >= 4 is 17.2 Å². The van der Waals surface area contributed by atoms with E-state index in [1.165, 1.54) is 23.5 Å². The number of rotatable bonds is 5. The van der Waals surface area contributed by atoms with E-state index < -0.39 is 11.7 Å². The molecule has 2 heterocycles. The van der Waals surface area contributed by atoms with E-state index in [1.54, 1.807) is 7.11 Å². The molecule has 0 saturated heterocycles. The minimum atomic E-state index is -4.35. The Bertz CT molecular complexity index is 1060. The Labute approximate surface area is 182 Å². The first kappa shape index (κ1) is 21.4. The summed E-state index contributed by atoms with van der Waals surface area (Å²) in [5.74, 6) is 0.874. The van der Waals surface area contributed by atoms with Crippen LogP contribution in [-0.4, -0.2) is 29.4 Å². The number of fused-ring (bicyclic) bond motifs is 1. The second-order valence-corrected chi connectivity index (χ2v) is 8.46. The fourth-order valence-corrected chi connectivity index (χ4v) is 4.66. The molecule has 0 fully saturated rings. The Hall–Kier alpha value is -2.87. The third kappa shape index (κ3) is 4.90. The van der Waals surface area contributed by atoms with E-state index in [9.17, 15) is 18.0 Å². The zero-order chi connectivity index (χ0) is 22.0. The van der Waals surface area contributed by atoms with Gasteiger partial charge < -0.3 is 9.64 Å². The van der Waals surface area contributed by atoms with Gasteiger partial charge in [0.25, 0.3) is 0 Å². The minimum absolute atomic E-state index is 0.0888. The summed E-state index contributed by atoms with van der Waals surface area (Å²) < 4.78 is 43.5. The smallest absolute Gasteiger partial charge is 0.416 e. The summed E-state index contributed by atoms with van der Waals surface area (Å²) in [4.78, 5) is 20.1. The lowest BCUT2D eigenvalue weighted by Gasteiger charge is -2.26. The number of carbonyl (C=O) groups excluding carboxylic acids is 1. The monoisotopic (exact) mass is 446 g/mol. The van der Waals surface area contributed by atoms with E-state index >= 15 is 0 Å². The van der Waals surface area contributed by atoms with Crippen LogP contribution in [0.5, 0.6) is 5.75 Å². The molecule has 2 aromatic carbocycles. The molecule has 0 spiro atoms. The Balaban J connectivity index is 1.39. The number of carbonyl (C=O) groups is 1. The van der Waals surface area contributed by atoms with Crippen LogP contribution in [0.4, 0.5) is 13.2 Å².